The summed E-state index contributed by atoms with van der Waals surface area (Å²) in [7, 11) is 4.04. The van der Waals surface area contributed by atoms with Crippen molar-refractivity contribution >= 4 is 11.6 Å². The van der Waals surface area contributed by atoms with Crippen LogP contribution in [0.1, 0.15) is 25.8 Å². The molecule has 116 valence electrons. The van der Waals surface area contributed by atoms with Crippen LogP contribution in [0, 0.1) is 0 Å². The zero-order valence-corrected chi connectivity index (χ0v) is 13.2. The number of anilines is 1. The smallest absolute Gasteiger partial charge is 0.270 e. The van der Waals surface area contributed by atoms with Gasteiger partial charge in [-0.2, -0.15) is 0 Å². The Morgan fingerprint density at radius 2 is 2.05 bits per heavy atom. The number of carbonyl (C=O) groups is 1. The number of carbonyl (C=O) groups excluding carboxylic acids is 1. The number of rotatable bonds is 5. The van der Waals surface area contributed by atoms with Crippen LogP contribution in [0.4, 0.5) is 5.69 Å². The molecule has 2 rings (SSSR count). The van der Waals surface area contributed by atoms with Crippen molar-refractivity contribution in [2.24, 2.45) is 0 Å². The molecule has 1 aliphatic rings. The second-order valence-corrected chi connectivity index (χ2v) is 6.19. The summed E-state index contributed by atoms with van der Waals surface area (Å²) >= 11 is 0. The summed E-state index contributed by atoms with van der Waals surface area (Å²) in [5.74, 6) is 0.640. The van der Waals surface area contributed by atoms with Crippen molar-refractivity contribution in [2.75, 3.05) is 32.1 Å². The van der Waals surface area contributed by atoms with E-state index >= 15 is 0 Å². The number of benzene rings is 1. The Hall–Kier alpha value is -1.59. The maximum atomic E-state index is 12.6. The molecule has 0 atom stereocenters. The van der Waals surface area contributed by atoms with Crippen LogP contribution in [0.15, 0.2) is 18.2 Å². The Kier molecular flexibility index (Phi) is 4.54. The van der Waals surface area contributed by atoms with Crippen molar-refractivity contribution in [3.8, 4) is 5.75 Å². The molecular weight excluding hydrogens is 268 g/mol. The van der Waals surface area contributed by atoms with Gasteiger partial charge in [0.1, 0.15) is 5.75 Å². The average molecular weight is 292 g/mol. The highest BCUT2D eigenvalue weighted by Crippen LogP contribution is 2.38. The number of amides is 1. The van der Waals surface area contributed by atoms with E-state index in [2.05, 4.69) is 4.90 Å². The second kappa shape index (κ2) is 6.03. The van der Waals surface area contributed by atoms with Crippen LogP contribution in [0.2, 0.25) is 0 Å². The molecule has 0 saturated heterocycles. The van der Waals surface area contributed by atoms with Gasteiger partial charge in [-0.3, -0.25) is 4.79 Å². The third kappa shape index (κ3) is 3.36. The van der Waals surface area contributed by atoms with Gasteiger partial charge < -0.3 is 19.6 Å². The number of ether oxygens (including phenoxy) is 1. The summed E-state index contributed by atoms with van der Waals surface area (Å²) in [6, 6.07) is 5.49. The standard InChI is InChI=1S/C16H24N2O3/c1-16(2)15(20)18(9-5-8-17(3)4)13-7-6-12(11-19)10-14(13)21-16/h6-7,10,19H,5,8-9,11H2,1-4H3. The zero-order valence-electron chi connectivity index (χ0n) is 13.2. The van der Waals surface area contributed by atoms with Crippen LogP contribution >= 0.6 is 0 Å². The molecule has 0 spiro atoms. The molecule has 0 aromatic heterocycles. The van der Waals surface area contributed by atoms with E-state index in [4.69, 9.17) is 4.74 Å². The van der Waals surface area contributed by atoms with Gasteiger partial charge in [-0.05, 0) is 58.6 Å². The third-order valence-corrected chi connectivity index (χ3v) is 3.61. The minimum absolute atomic E-state index is 0.0227. The summed E-state index contributed by atoms with van der Waals surface area (Å²) in [5.41, 5.74) is 0.696. The van der Waals surface area contributed by atoms with Crippen molar-refractivity contribution in [2.45, 2.75) is 32.5 Å². The van der Waals surface area contributed by atoms with Gasteiger partial charge in [0.2, 0.25) is 0 Å². The fourth-order valence-electron chi connectivity index (χ4n) is 2.48. The molecule has 0 aliphatic carbocycles. The molecule has 1 aromatic rings. The summed E-state index contributed by atoms with van der Waals surface area (Å²) in [5, 5.41) is 9.25. The van der Waals surface area contributed by atoms with Crippen molar-refractivity contribution in [3.63, 3.8) is 0 Å². The Bertz CT molecular complexity index is 526. The maximum absolute atomic E-state index is 12.6. The van der Waals surface area contributed by atoms with E-state index < -0.39 is 5.60 Å². The molecule has 0 radical (unpaired) electrons. The van der Waals surface area contributed by atoms with Crippen LogP contribution < -0.4 is 9.64 Å². The van der Waals surface area contributed by atoms with Crippen molar-refractivity contribution in [1.29, 1.82) is 0 Å². The van der Waals surface area contributed by atoms with Gasteiger partial charge in [0, 0.05) is 6.54 Å². The highest BCUT2D eigenvalue weighted by atomic mass is 16.5. The minimum atomic E-state index is -0.876. The number of hydrogen-bond acceptors (Lipinski definition) is 4. The Balaban J connectivity index is 2.28. The Morgan fingerprint density at radius 3 is 2.67 bits per heavy atom. The first-order valence-corrected chi connectivity index (χ1v) is 7.24. The Labute approximate surface area is 126 Å². The molecule has 1 N–H and O–H groups in total. The fraction of sp³-hybridized carbons (Fsp3) is 0.562. The van der Waals surface area contributed by atoms with Crippen LogP contribution in [0.3, 0.4) is 0 Å². The topological polar surface area (TPSA) is 53.0 Å². The van der Waals surface area contributed by atoms with Gasteiger partial charge in [0.25, 0.3) is 5.91 Å². The number of aliphatic hydroxyl groups excluding tert-OH is 1. The third-order valence-electron chi connectivity index (χ3n) is 3.61. The molecule has 21 heavy (non-hydrogen) atoms. The number of fused-ring (bicyclic) bond motifs is 1. The predicted octanol–water partition coefficient (Wildman–Crippen LogP) is 1.63. The monoisotopic (exact) mass is 292 g/mol. The van der Waals surface area contributed by atoms with E-state index in [1.807, 2.05) is 32.3 Å². The Morgan fingerprint density at radius 1 is 1.33 bits per heavy atom. The largest absolute Gasteiger partial charge is 0.476 e. The maximum Gasteiger partial charge on any atom is 0.270 e. The average Bonchev–Trinajstić information content (AvgIpc) is 2.41. The lowest BCUT2D eigenvalue weighted by atomic mass is 10.0. The van der Waals surface area contributed by atoms with Gasteiger partial charge >= 0.3 is 0 Å². The van der Waals surface area contributed by atoms with Gasteiger partial charge in [0.15, 0.2) is 5.60 Å². The van der Waals surface area contributed by atoms with E-state index in [-0.39, 0.29) is 12.5 Å². The molecule has 0 saturated carbocycles. The number of nitrogens with zero attached hydrogens (tertiary/aromatic N) is 2. The zero-order chi connectivity index (χ0) is 15.6. The first-order valence-electron chi connectivity index (χ1n) is 7.24. The lowest BCUT2D eigenvalue weighted by molar-refractivity contribution is -0.132. The highest BCUT2D eigenvalue weighted by molar-refractivity contribution is 6.02. The second-order valence-electron chi connectivity index (χ2n) is 6.19. The highest BCUT2D eigenvalue weighted by Gasteiger charge is 2.40. The van der Waals surface area contributed by atoms with Crippen molar-refractivity contribution < 1.29 is 14.6 Å². The first kappa shape index (κ1) is 15.8. The first-order chi connectivity index (χ1) is 9.85. The summed E-state index contributed by atoms with van der Waals surface area (Å²) < 4.78 is 5.82. The van der Waals surface area contributed by atoms with E-state index in [1.54, 1.807) is 18.7 Å². The normalized spacial score (nSPS) is 16.9. The quantitative estimate of drug-likeness (QED) is 0.896. The summed E-state index contributed by atoms with van der Waals surface area (Å²) in [6.45, 7) is 5.11. The van der Waals surface area contributed by atoms with Crippen LogP contribution in [0.25, 0.3) is 0 Å². The molecule has 1 aliphatic heterocycles. The summed E-state index contributed by atoms with van der Waals surface area (Å²) in [4.78, 5) is 16.5. The summed E-state index contributed by atoms with van der Waals surface area (Å²) in [6.07, 6.45) is 0.899. The SMILES string of the molecule is CN(C)CCCN1C(=O)C(C)(C)Oc2cc(CO)ccc21. The van der Waals surface area contributed by atoms with E-state index in [9.17, 15) is 9.90 Å². The lowest BCUT2D eigenvalue weighted by Gasteiger charge is -2.39. The lowest BCUT2D eigenvalue weighted by Crippen LogP contribution is -2.53. The molecule has 1 aromatic carbocycles. The van der Waals surface area contributed by atoms with E-state index in [0.717, 1.165) is 24.2 Å². The van der Waals surface area contributed by atoms with Crippen LogP contribution in [-0.4, -0.2) is 48.7 Å². The number of hydrogen-bond donors (Lipinski definition) is 1. The molecule has 5 nitrogen and oxygen atoms in total. The molecular formula is C16H24N2O3. The molecule has 0 bridgehead atoms. The van der Waals surface area contributed by atoms with Crippen molar-refractivity contribution in [1.82, 2.24) is 4.90 Å². The van der Waals surface area contributed by atoms with Gasteiger partial charge in [-0.1, -0.05) is 6.07 Å². The predicted molar refractivity (Wildman–Crippen MR) is 82.6 cm³/mol. The van der Waals surface area contributed by atoms with Gasteiger partial charge in [-0.15, -0.1) is 0 Å². The molecule has 0 unspecified atom stereocenters. The minimum Gasteiger partial charge on any atom is -0.476 e. The molecule has 1 heterocycles. The van der Waals surface area contributed by atoms with Crippen LogP contribution in [0.5, 0.6) is 5.75 Å². The fourth-order valence-corrected chi connectivity index (χ4v) is 2.48. The van der Waals surface area contributed by atoms with Gasteiger partial charge in [0.05, 0.1) is 12.3 Å². The number of aliphatic hydroxyl groups is 1. The molecule has 5 heteroatoms. The van der Waals surface area contributed by atoms with Crippen LogP contribution in [-0.2, 0) is 11.4 Å². The van der Waals surface area contributed by atoms with E-state index in [0.29, 0.717) is 12.3 Å². The molecule has 1 amide bonds. The van der Waals surface area contributed by atoms with Gasteiger partial charge in [-0.25, -0.2) is 0 Å². The van der Waals surface area contributed by atoms with Crippen molar-refractivity contribution in [3.05, 3.63) is 23.8 Å². The van der Waals surface area contributed by atoms with E-state index in [1.165, 1.54) is 0 Å². The molecule has 0 fully saturated rings.